The summed E-state index contributed by atoms with van der Waals surface area (Å²) in [4.78, 5) is 18.6. The van der Waals surface area contributed by atoms with Gasteiger partial charge in [-0.25, -0.2) is 0 Å². The van der Waals surface area contributed by atoms with Crippen LogP contribution < -0.4 is 0 Å². The summed E-state index contributed by atoms with van der Waals surface area (Å²) in [5, 5.41) is 1.29. The normalized spacial score (nSPS) is 16.8. The van der Waals surface area contributed by atoms with Gasteiger partial charge in [-0.1, -0.05) is 61.9 Å². The van der Waals surface area contributed by atoms with E-state index in [9.17, 15) is 4.79 Å². The molecule has 3 nitrogen and oxygen atoms in total. The van der Waals surface area contributed by atoms with Crippen molar-refractivity contribution in [1.82, 2.24) is 9.88 Å². The van der Waals surface area contributed by atoms with Gasteiger partial charge in [-0.2, -0.15) is 0 Å². The molecule has 1 aliphatic rings. The molecule has 0 radical (unpaired) electrons. The highest BCUT2D eigenvalue weighted by Gasteiger charge is 2.33. The molecule has 1 atom stereocenters. The van der Waals surface area contributed by atoms with Gasteiger partial charge >= 0.3 is 0 Å². The average molecular weight is 332 g/mol. The van der Waals surface area contributed by atoms with Gasteiger partial charge < -0.3 is 9.88 Å². The summed E-state index contributed by atoms with van der Waals surface area (Å²) < 4.78 is 0. The summed E-state index contributed by atoms with van der Waals surface area (Å²) in [6.07, 6.45) is 3.56. The van der Waals surface area contributed by atoms with Crippen molar-refractivity contribution in [3.05, 3.63) is 71.4 Å². The number of aromatic nitrogens is 1. The Morgan fingerprint density at radius 1 is 1.12 bits per heavy atom. The van der Waals surface area contributed by atoms with Gasteiger partial charge in [0.1, 0.15) is 0 Å². The van der Waals surface area contributed by atoms with Gasteiger partial charge in [-0.15, -0.1) is 0 Å². The quantitative estimate of drug-likeness (QED) is 0.729. The number of aromatic amines is 1. The summed E-state index contributed by atoms with van der Waals surface area (Å²) in [6.45, 7) is 2.92. The van der Waals surface area contributed by atoms with Crippen molar-refractivity contribution in [2.45, 2.75) is 38.6 Å². The standard InChI is InChI=1S/C22H24N2O/c1-2-3-13-20(25)24-15-14-18-17-11-7-8-12-19(17)23-21(18)22(24)16-9-5-4-6-10-16/h4-12,22-23H,2-3,13-15H2,1H3. The molecular formula is C22H24N2O. The van der Waals surface area contributed by atoms with Crippen molar-refractivity contribution < 1.29 is 4.79 Å². The van der Waals surface area contributed by atoms with Gasteiger partial charge in [0.25, 0.3) is 0 Å². The molecule has 25 heavy (non-hydrogen) atoms. The lowest BCUT2D eigenvalue weighted by Crippen LogP contribution is -2.40. The Hall–Kier alpha value is -2.55. The zero-order valence-corrected chi connectivity index (χ0v) is 14.7. The molecule has 2 aromatic carbocycles. The maximum atomic E-state index is 12.9. The van der Waals surface area contributed by atoms with Crippen molar-refractivity contribution in [3.8, 4) is 0 Å². The van der Waals surface area contributed by atoms with Gasteiger partial charge in [0.05, 0.1) is 6.04 Å². The van der Waals surface area contributed by atoms with Crippen LogP contribution in [0.1, 0.15) is 49.0 Å². The number of nitrogens with one attached hydrogen (secondary N) is 1. The molecule has 128 valence electrons. The maximum Gasteiger partial charge on any atom is 0.223 e. The maximum absolute atomic E-state index is 12.9. The molecule has 2 heterocycles. The number of hydrogen-bond acceptors (Lipinski definition) is 1. The minimum atomic E-state index is -0.0123. The molecule has 0 saturated carbocycles. The molecule has 1 amide bonds. The Bertz CT molecular complexity index is 881. The third-order valence-electron chi connectivity index (χ3n) is 5.21. The van der Waals surface area contributed by atoms with Crippen LogP contribution >= 0.6 is 0 Å². The largest absolute Gasteiger partial charge is 0.356 e. The Morgan fingerprint density at radius 3 is 2.68 bits per heavy atom. The Balaban J connectivity index is 1.82. The van der Waals surface area contributed by atoms with E-state index in [2.05, 4.69) is 65.3 Å². The van der Waals surface area contributed by atoms with Crippen LogP contribution in [-0.4, -0.2) is 22.3 Å². The van der Waals surface area contributed by atoms with E-state index in [4.69, 9.17) is 0 Å². The first-order valence-electron chi connectivity index (χ1n) is 9.23. The number of rotatable bonds is 4. The summed E-state index contributed by atoms with van der Waals surface area (Å²) in [7, 11) is 0. The van der Waals surface area contributed by atoms with Gasteiger partial charge in [0.15, 0.2) is 0 Å². The zero-order chi connectivity index (χ0) is 17.2. The minimum absolute atomic E-state index is 0.0123. The number of hydrogen-bond donors (Lipinski definition) is 1. The predicted molar refractivity (Wildman–Crippen MR) is 102 cm³/mol. The third-order valence-corrected chi connectivity index (χ3v) is 5.21. The molecule has 0 aliphatic carbocycles. The van der Waals surface area contributed by atoms with E-state index in [1.54, 1.807) is 0 Å². The number of nitrogens with zero attached hydrogens (tertiary/aromatic N) is 1. The topological polar surface area (TPSA) is 36.1 Å². The first kappa shape index (κ1) is 15.9. The number of fused-ring (bicyclic) bond motifs is 3. The molecule has 1 N–H and O–H groups in total. The van der Waals surface area contributed by atoms with E-state index in [1.165, 1.54) is 22.2 Å². The second kappa shape index (κ2) is 6.75. The highest BCUT2D eigenvalue weighted by atomic mass is 16.2. The molecule has 3 aromatic rings. The molecule has 0 fully saturated rings. The van der Waals surface area contributed by atoms with E-state index in [0.717, 1.165) is 31.3 Å². The number of benzene rings is 2. The number of amides is 1. The van der Waals surface area contributed by atoms with Gasteiger partial charge in [-0.3, -0.25) is 4.79 Å². The molecule has 0 bridgehead atoms. The molecule has 1 unspecified atom stereocenters. The van der Waals surface area contributed by atoms with Crippen LogP contribution in [0.15, 0.2) is 54.6 Å². The predicted octanol–water partition coefficient (Wildman–Crippen LogP) is 4.83. The number of para-hydroxylation sites is 1. The summed E-state index contributed by atoms with van der Waals surface area (Å²) in [5.74, 6) is 0.264. The second-order valence-corrected chi connectivity index (χ2v) is 6.82. The van der Waals surface area contributed by atoms with Crippen molar-refractivity contribution in [1.29, 1.82) is 0 Å². The van der Waals surface area contributed by atoms with Crippen LogP contribution in [0.2, 0.25) is 0 Å². The first-order chi connectivity index (χ1) is 12.3. The van der Waals surface area contributed by atoms with Crippen LogP contribution in [0, 0.1) is 0 Å². The molecule has 4 rings (SSSR count). The monoisotopic (exact) mass is 332 g/mol. The smallest absolute Gasteiger partial charge is 0.223 e. The van der Waals surface area contributed by atoms with E-state index in [-0.39, 0.29) is 11.9 Å². The van der Waals surface area contributed by atoms with Gasteiger partial charge in [-0.05, 0) is 30.0 Å². The van der Waals surface area contributed by atoms with Crippen LogP contribution in [0.5, 0.6) is 0 Å². The van der Waals surface area contributed by atoms with Crippen LogP contribution in [-0.2, 0) is 11.2 Å². The lowest BCUT2D eigenvalue weighted by atomic mass is 9.92. The highest BCUT2D eigenvalue weighted by molar-refractivity contribution is 5.86. The SMILES string of the molecule is CCCCC(=O)N1CCc2c([nH]c3ccccc23)C1c1ccccc1. The molecule has 0 saturated heterocycles. The summed E-state index contributed by atoms with van der Waals surface area (Å²) in [6, 6.07) is 18.8. The fraction of sp³-hybridized carbons (Fsp3) is 0.318. The fourth-order valence-electron chi connectivity index (χ4n) is 3.96. The number of carbonyl (C=O) groups is 1. The number of unbranched alkanes of at least 4 members (excludes halogenated alkanes) is 1. The molecule has 3 heteroatoms. The Morgan fingerprint density at radius 2 is 1.88 bits per heavy atom. The minimum Gasteiger partial charge on any atom is -0.356 e. The van der Waals surface area contributed by atoms with E-state index >= 15 is 0 Å². The number of carbonyl (C=O) groups excluding carboxylic acids is 1. The second-order valence-electron chi connectivity index (χ2n) is 6.82. The molecule has 0 spiro atoms. The summed E-state index contributed by atoms with van der Waals surface area (Å²) >= 11 is 0. The summed E-state index contributed by atoms with van der Waals surface area (Å²) in [5.41, 5.74) is 4.89. The third kappa shape index (κ3) is 2.84. The van der Waals surface area contributed by atoms with E-state index < -0.39 is 0 Å². The van der Waals surface area contributed by atoms with Crippen LogP contribution in [0.25, 0.3) is 10.9 Å². The Labute approximate surface area is 148 Å². The van der Waals surface area contributed by atoms with Crippen molar-refractivity contribution >= 4 is 16.8 Å². The van der Waals surface area contributed by atoms with Crippen LogP contribution in [0.4, 0.5) is 0 Å². The fourth-order valence-corrected chi connectivity index (χ4v) is 3.96. The average Bonchev–Trinajstić information content (AvgIpc) is 3.04. The first-order valence-corrected chi connectivity index (χ1v) is 9.23. The lowest BCUT2D eigenvalue weighted by Gasteiger charge is -2.36. The van der Waals surface area contributed by atoms with Crippen LogP contribution in [0.3, 0.4) is 0 Å². The molecule has 1 aromatic heterocycles. The van der Waals surface area contributed by atoms with Crippen molar-refractivity contribution in [3.63, 3.8) is 0 Å². The lowest BCUT2D eigenvalue weighted by molar-refractivity contribution is -0.133. The number of H-pyrrole nitrogens is 1. The van der Waals surface area contributed by atoms with Gasteiger partial charge in [0.2, 0.25) is 5.91 Å². The molecule has 1 aliphatic heterocycles. The van der Waals surface area contributed by atoms with Crippen molar-refractivity contribution in [2.24, 2.45) is 0 Å². The molecular weight excluding hydrogens is 308 g/mol. The highest BCUT2D eigenvalue weighted by Crippen LogP contribution is 2.38. The van der Waals surface area contributed by atoms with E-state index in [0.29, 0.717) is 6.42 Å². The Kier molecular flexibility index (Phi) is 4.31. The zero-order valence-electron chi connectivity index (χ0n) is 14.7. The van der Waals surface area contributed by atoms with E-state index in [1.807, 2.05) is 6.07 Å². The van der Waals surface area contributed by atoms with Crippen molar-refractivity contribution in [2.75, 3.05) is 6.54 Å². The van der Waals surface area contributed by atoms with Gasteiger partial charge in [0, 0.05) is 29.6 Å².